The molecule has 26 heavy (non-hydrogen) atoms. The van der Waals surface area contributed by atoms with Crippen LogP contribution in [0.1, 0.15) is 38.2 Å². The van der Waals surface area contributed by atoms with Gasteiger partial charge in [0.15, 0.2) is 0 Å². The number of hydrogen-bond acceptors (Lipinski definition) is 5. The van der Waals surface area contributed by atoms with Gasteiger partial charge in [0.25, 0.3) is 0 Å². The quantitative estimate of drug-likeness (QED) is 0.455. The van der Waals surface area contributed by atoms with Crippen molar-refractivity contribution in [3.05, 3.63) is 35.9 Å². The summed E-state index contributed by atoms with van der Waals surface area (Å²) in [4.78, 5) is 2.09. The molecule has 1 atom stereocenters. The summed E-state index contributed by atoms with van der Waals surface area (Å²) in [7, 11) is 4.05. The highest BCUT2D eigenvalue weighted by atomic mass is 16.5. The molecular weight excluding hydrogens is 330 g/mol. The summed E-state index contributed by atoms with van der Waals surface area (Å²) in [5.41, 5.74) is 0.527. The number of benzene rings is 1. The normalized spacial score (nSPS) is 13.9. The van der Waals surface area contributed by atoms with Gasteiger partial charge in [-0.25, -0.2) is 0 Å². The zero-order valence-electron chi connectivity index (χ0n) is 16.8. The Balaban J connectivity index is 1.99. The van der Waals surface area contributed by atoms with Crippen molar-refractivity contribution in [1.82, 2.24) is 4.90 Å². The molecule has 1 aromatic rings. The van der Waals surface area contributed by atoms with Crippen LogP contribution in [0.25, 0.3) is 0 Å². The minimum Gasteiger partial charge on any atom is -0.390 e. The summed E-state index contributed by atoms with van der Waals surface area (Å²) in [6.45, 7) is 6.69. The average molecular weight is 368 g/mol. The van der Waals surface area contributed by atoms with E-state index in [4.69, 9.17) is 14.2 Å². The first-order chi connectivity index (χ1) is 12.6. The first kappa shape index (κ1) is 23.1. The Labute approximate surface area is 159 Å². The number of likely N-dealkylation sites (N-methyl/N-ethyl adjacent to an activating group) is 1. The standard InChI is InChI=1S/C21H37NO4/c1-4-21(23,12-15-25-16-13-22(2)3)11-8-14-24-17-18-26-19-20-9-6-5-7-10-20/h5-7,9-10,23H,4,8,11-19H2,1-3H3. The van der Waals surface area contributed by atoms with Crippen molar-refractivity contribution in [3.8, 4) is 0 Å². The van der Waals surface area contributed by atoms with Gasteiger partial charge in [-0.15, -0.1) is 0 Å². The molecule has 0 spiro atoms. The molecule has 0 heterocycles. The Kier molecular flexibility index (Phi) is 12.5. The number of nitrogens with zero attached hydrogens (tertiary/aromatic N) is 1. The molecule has 1 rings (SSSR count). The number of ether oxygens (including phenoxy) is 3. The zero-order valence-corrected chi connectivity index (χ0v) is 16.8. The molecule has 5 nitrogen and oxygen atoms in total. The molecule has 0 aliphatic carbocycles. The van der Waals surface area contributed by atoms with Crippen LogP contribution in [0.4, 0.5) is 0 Å². The molecule has 0 aliphatic heterocycles. The van der Waals surface area contributed by atoms with E-state index in [2.05, 4.69) is 17.0 Å². The molecule has 5 heteroatoms. The van der Waals surface area contributed by atoms with Gasteiger partial charge < -0.3 is 24.2 Å². The molecule has 0 saturated carbocycles. The van der Waals surface area contributed by atoms with Gasteiger partial charge in [0.1, 0.15) is 0 Å². The van der Waals surface area contributed by atoms with Crippen molar-refractivity contribution in [3.63, 3.8) is 0 Å². The van der Waals surface area contributed by atoms with Crippen LogP contribution >= 0.6 is 0 Å². The third kappa shape index (κ3) is 11.6. The van der Waals surface area contributed by atoms with Crippen LogP contribution in [0.3, 0.4) is 0 Å². The van der Waals surface area contributed by atoms with Crippen molar-refractivity contribution in [1.29, 1.82) is 0 Å². The van der Waals surface area contributed by atoms with Crippen LogP contribution < -0.4 is 0 Å². The highest BCUT2D eigenvalue weighted by molar-refractivity contribution is 5.13. The molecule has 0 aliphatic rings. The van der Waals surface area contributed by atoms with E-state index in [9.17, 15) is 5.11 Å². The molecule has 0 radical (unpaired) electrons. The third-order valence-corrected chi connectivity index (χ3v) is 4.47. The van der Waals surface area contributed by atoms with E-state index >= 15 is 0 Å². The second-order valence-electron chi connectivity index (χ2n) is 7.00. The minimum atomic E-state index is -0.648. The van der Waals surface area contributed by atoms with Gasteiger partial charge >= 0.3 is 0 Å². The van der Waals surface area contributed by atoms with Crippen molar-refractivity contribution in [2.75, 3.05) is 53.7 Å². The van der Waals surface area contributed by atoms with E-state index in [0.29, 0.717) is 46.1 Å². The summed E-state index contributed by atoms with van der Waals surface area (Å²) < 4.78 is 16.8. The molecule has 0 aromatic heterocycles. The van der Waals surface area contributed by atoms with Crippen molar-refractivity contribution >= 4 is 0 Å². The highest BCUT2D eigenvalue weighted by Gasteiger charge is 2.23. The fraction of sp³-hybridized carbons (Fsp3) is 0.714. The van der Waals surface area contributed by atoms with Crippen LogP contribution in [-0.4, -0.2) is 69.3 Å². The van der Waals surface area contributed by atoms with E-state index in [1.807, 2.05) is 39.2 Å². The smallest absolute Gasteiger partial charge is 0.0718 e. The Bertz CT molecular complexity index is 441. The maximum atomic E-state index is 10.6. The summed E-state index contributed by atoms with van der Waals surface area (Å²) in [6.07, 6.45) is 3.01. The van der Waals surface area contributed by atoms with Crippen molar-refractivity contribution < 1.29 is 19.3 Å². The minimum absolute atomic E-state index is 0.588. The van der Waals surface area contributed by atoms with Gasteiger partial charge in [-0.1, -0.05) is 37.3 Å². The lowest BCUT2D eigenvalue weighted by Crippen LogP contribution is -2.30. The molecule has 1 unspecified atom stereocenters. The van der Waals surface area contributed by atoms with Gasteiger partial charge in [0, 0.05) is 19.8 Å². The van der Waals surface area contributed by atoms with Gasteiger partial charge in [-0.3, -0.25) is 0 Å². The summed E-state index contributed by atoms with van der Waals surface area (Å²) in [5.74, 6) is 0. The third-order valence-electron chi connectivity index (χ3n) is 4.47. The molecule has 1 N–H and O–H groups in total. The monoisotopic (exact) mass is 367 g/mol. The summed E-state index contributed by atoms with van der Waals surface area (Å²) >= 11 is 0. The number of aliphatic hydroxyl groups is 1. The van der Waals surface area contributed by atoms with E-state index in [-0.39, 0.29) is 0 Å². The number of rotatable bonds is 16. The highest BCUT2D eigenvalue weighted by Crippen LogP contribution is 2.21. The number of hydrogen-bond donors (Lipinski definition) is 1. The van der Waals surface area contributed by atoms with E-state index in [1.54, 1.807) is 0 Å². The maximum absolute atomic E-state index is 10.6. The predicted octanol–water partition coefficient (Wildman–Crippen LogP) is 3.11. The lowest BCUT2D eigenvalue weighted by atomic mass is 9.91. The molecular formula is C21H37NO4. The van der Waals surface area contributed by atoms with E-state index in [0.717, 1.165) is 25.8 Å². The van der Waals surface area contributed by atoms with E-state index < -0.39 is 5.60 Å². The molecule has 0 saturated heterocycles. The Morgan fingerprint density at radius 2 is 1.58 bits per heavy atom. The van der Waals surface area contributed by atoms with Crippen LogP contribution in [0.15, 0.2) is 30.3 Å². The molecule has 0 amide bonds. The first-order valence-electron chi connectivity index (χ1n) is 9.70. The van der Waals surface area contributed by atoms with Crippen molar-refractivity contribution in [2.45, 2.75) is 44.8 Å². The second-order valence-corrected chi connectivity index (χ2v) is 7.00. The molecule has 150 valence electrons. The zero-order chi connectivity index (χ0) is 19.1. The fourth-order valence-electron chi connectivity index (χ4n) is 2.58. The average Bonchev–Trinajstić information content (AvgIpc) is 2.64. The fourth-order valence-corrected chi connectivity index (χ4v) is 2.58. The van der Waals surface area contributed by atoms with Gasteiger partial charge in [-0.05, 0) is 45.3 Å². The topological polar surface area (TPSA) is 51.2 Å². The largest absolute Gasteiger partial charge is 0.390 e. The Hall–Kier alpha value is -0.980. The lowest BCUT2D eigenvalue weighted by molar-refractivity contribution is -0.0207. The van der Waals surface area contributed by atoms with Crippen LogP contribution in [-0.2, 0) is 20.8 Å². The summed E-state index contributed by atoms with van der Waals surface area (Å²) in [5, 5.41) is 10.6. The predicted molar refractivity (Wildman–Crippen MR) is 105 cm³/mol. The van der Waals surface area contributed by atoms with Crippen LogP contribution in [0.5, 0.6) is 0 Å². The second kappa shape index (κ2) is 14.1. The maximum Gasteiger partial charge on any atom is 0.0718 e. The first-order valence-corrected chi connectivity index (χ1v) is 9.70. The Morgan fingerprint density at radius 3 is 2.27 bits per heavy atom. The van der Waals surface area contributed by atoms with Gasteiger partial charge in [0.05, 0.1) is 32.0 Å². The van der Waals surface area contributed by atoms with Crippen molar-refractivity contribution in [2.24, 2.45) is 0 Å². The molecule has 0 bridgehead atoms. The summed E-state index contributed by atoms with van der Waals surface area (Å²) in [6, 6.07) is 10.1. The van der Waals surface area contributed by atoms with E-state index in [1.165, 1.54) is 5.56 Å². The molecule has 0 fully saturated rings. The Morgan fingerprint density at radius 1 is 0.885 bits per heavy atom. The van der Waals surface area contributed by atoms with Crippen LogP contribution in [0, 0.1) is 0 Å². The van der Waals surface area contributed by atoms with Gasteiger partial charge in [-0.2, -0.15) is 0 Å². The van der Waals surface area contributed by atoms with Gasteiger partial charge in [0.2, 0.25) is 0 Å². The van der Waals surface area contributed by atoms with Crippen LogP contribution in [0.2, 0.25) is 0 Å². The molecule has 1 aromatic carbocycles. The SMILES string of the molecule is CCC(O)(CCCOCCOCc1ccccc1)CCOCCN(C)C. The lowest BCUT2D eigenvalue weighted by Gasteiger charge is -2.27.